The first-order valence-electron chi connectivity index (χ1n) is 9.40. The zero-order valence-corrected chi connectivity index (χ0v) is 16.8. The summed E-state index contributed by atoms with van der Waals surface area (Å²) in [6.07, 6.45) is 7.70. The van der Waals surface area contributed by atoms with E-state index in [0.717, 1.165) is 19.3 Å². The second kappa shape index (κ2) is 12.4. The van der Waals surface area contributed by atoms with Crippen LogP contribution in [0.5, 0.6) is 0 Å². The monoisotopic (exact) mass is 376 g/mol. The number of amides is 3. The topological polar surface area (TPSA) is 96.2 Å². The van der Waals surface area contributed by atoms with E-state index >= 15 is 0 Å². The highest BCUT2D eigenvalue weighted by atomic mass is 35.5. The van der Waals surface area contributed by atoms with Gasteiger partial charge in [-0.1, -0.05) is 33.1 Å². The van der Waals surface area contributed by atoms with Crippen LogP contribution in [0.15, 0.2) is 0 Å². The molecule has 0 aromatic rings. The third-order valence-electron chi connectivity index (χ3n) is 4.56. The van der Waals surface area contributed by atoms with E-state index in [-0.39, 0.29) is 29.9 Å². The number of nitrogens with one attached hydrogen (secondary N) is 3. The first-order valence-corrected chi connectivity index (χ1v) is 9.40. The number of carbonyl (C=O) groups is 2. The summed E-state index contributed by atoms with van der Waals surface area (Å²) < 4.78 is 0. The summed E-state index contributed by atoms with van der Waals surface area (Å²) in [7, 11) is 0. The van der Waals surface area contributed by atoms with Gasteiger partial charge in [-0.3, -0.25) is 4.79 Å². The third kappa shape index (κ3) is 10.5. The minimum absolute atomic E-state index is 0. The van der Waals surface area contributed by atoms with Gasteiger partial charge in [0.1, 0.15) is 0 Å². The van der Waals surface area contributed by atoms with Crippen molar-refractivity contribution in [1.82, 2.24) is 16.0 Å². The second-order valence-corrected chi connectivity index (χ2v) is 7.75. The molecule has 1 aliphatic carbocycles. The predicted molar refractivity (Wildman–Crippen MR) is 105 cm³/mol. The Morgan fingerprint density at radius 2 is 1.84 bits per heavy atom. The van der Waals surface area contributed by atoms with Crippen LogP contribution < -0.4 is 21.7 Å². The van der Waals surface area contributed by atoms with Crippen LogP contribution in [0.2, 0.25) is 0 Å². The Morgan fingerprint density at radius 1 is 1.20 bits per heavy atom. The molecule has 0 spiro atoms. The molecule has 1 aliphatic rings. The average molecular weight is 377 g/mol. The Kier molecular flexibility index (Phi) is 11.9. The van der Waals surface area contributed by atoms with Gasteiger partial charge >= 0.3 is 6.03 Å². The van der Waals surface area contributed by atoms with Crippen LogP contribution in [-0.4, -0.2) is 36.6 Å². The van der Waals surface area contributed by atoms with E-state index in [1.165, 1.54) is 19.3 Å². The first kappa shape index (κ1) is 24.0. The molecule has 0 bridgehead atoms. The summed E-state index contributed by atoms with van der Waals surface area (Å²) >= 11 is 0. The fourth-order valence-corrected chi connectivity index (χ4v) is 3.42. The Bertz CT molecular complexity index is 401. The minimum Gasteiger partial charge on any atom is -0.350 e. The maximum absolute atomic E-state index is 12.1. The lowest BCUT2D eigenvalue weighted by Crippen LogP contribution is -2.52. The molecule has 0 heterocycles. The molecule has 7 heteroatoms. The van der Waals surface area contributed by atoms with Gasteiger partial charge in [-0.15, -0.1) is 12.4 Å². The molecule has 0 radical (unpaired) electrons. The van der Waals surface area contributed by atoms with Crippen molar-refractivity contribution in [2.45, 2.75) is 83.7 Å². The number of carbonyl (C=O) groups excluding carboxylic acids is 2. The van der Waals surface area contributed by atoms with Gasteiger partial charge in [0.15, 0.2) is 0 Å². The molecule has 1 saturated carbocycles. The maximum atomic E-state index is 12.1. The van der Waals surface area contributed by atoms with Gasteiger partial charge in [0.05, 0.1) is 0 Å². The molecular weight excluding hydrogens is 340 g/mol. The van der Waals surface area contributed by atoms with Crippen molar-refractivity contribution in [2.24, 2.45) is 11.7 Å². The van der Waals surface area contributed by atoms with Crippen LogP contribution in [0.25, 0.3) is 0 Å². The lowest BCUT2D eigenvalue weighted by atomic mass is 9.90. The lowest BCUT2D eigenvalue weighted by Gasteiger charge is -2.31. The molecule has 1 fully saturated rings. The molecule has 3 amide bonds. The predicted octanol–water partition coefficient (Wildman–Crippen LogP) is 2.70. The van der Waals surface area contributed by atoms with Crippen molar-refractivity contribution in [3.8, 4) is 0 Å². The van der Waals surface area contributed by atoms with Gasteiger partial charge in [-0.25, -0.2) is 4.79 Å². The van der Waals surface area contributed by atoms with Crippen LogP contribution in [-0.2, 0) is 4.79 Å². The van der Waals surface area contributed by atoms with E-state index in [1.54, 1.807) is 0 Å². The molecule has 1 unspecified atom stereocenters. The van der Waals surface area contributed by atoms with Crippen molar-refractivity contribution in [3.63, 3.8) is 0 Å². The van der Waals surface area contributed by atoms with E-state index < -0.39 is 0 Å². The van der Waals surface area contributed by atoms with Crippen LogP contribution in [0.1, 0.15) is 72.1 Å². The molecule has 0 aliphatic heterocycles. The molecular formula is C18H37ClN4O2. The molecule has 1 atom stereocenters. The maximum Gasteiger partial charge on any atom is 0.315 e. The van der Waals surface area contributed by atoms with Crippen LogP contribution in [0.3, 0.4) is 0 Å². The van der Waals surface area contributed by atoms with Crippen molar-refractivity contribution in [3.05, 3.63) is 0 Å². The van der Waals surface area contributed by atoms with E-state index in [0.29, 0.717) is 37.9 Å². The zero-order valence-electron chi connectivity index (χ0n) is 16.0. The molecule has 1 rings (SSSR count). The zero-order chi connectivity index (χ0) is 18.0. The average Bonchev–Trinajstić information content (AvgIpc) is 2.51. The SMILES string of the molecule is CC(C)CC(C)(CN)NC(=O)CCCNC(=O)NC1CCCCC1.Cl. The summed E-state index contributed by atoms with van der Waals surface area (Å²) in [6.45, 7) is 7.17. The van der Waals surface area contributed by atoms with Crippen LogP contribution >= 0.6 is 12.4 Å². The number of urea groups is 1. The normalized spacial score (nSPS) is 17.3. The molecule has 5 N–H and O–H groups in total. The van der Waals surface area contributed by atoms with Crippen molar-refractivity contribution in [2.75, 3.05) is 13.1 Å². The van der Waals surface area contributed by atoms with Gasteiger partial charge in [-0.05, 0) is 38.5 Å². The Morgan fingerprint density at radius 3 is 2.40 bits per heavy atom. The van der Waals surface area contributed by atoms with Crippen molar-refractivity contribution in [1.29, 1.82) is 0 Å². The van der Waals surface area contributed by atoms with Crippen LogP contribution in [0, 0.1) is 5.92 Å². The summed E-state index contributed by atoms with van der Waals surface area (Å²) in [5, 5.41) is 8.88. The number of nitrogens with two attached hydrogens (primary N) is 1. The highest BCUT2D eigenvalue weighted by molar-refractivity contribution is 5.85. The number of halogens is 1. The van der Waals surface area contributed by atoms with E-state index in [2.05, 4.69) is 29.8 Å². The Labute approximate surface area is 158 Å². The van der Waals surface area contributed by atoms with E-state index in [4.69, 9.17) is 5.73 Å². The number of hydrogen-bond acceptors (Lipinski definition) is 3. The minimum atomic E-state index is -0.350. The molecule has 25 heavy (non-hydrogen) atoms. The van der Waals surface area contributed by atoms with Crippen molar-refractivity contribution >= 4 is 24.3 Å². The highest BCUT2D eigenvalue weighted by Gasteiger charge is 2.25. The largest absolute Gasteiger partial charge is 0.350 e. The fourth-order valence-electron chi connectivity index (χ4n) is 3.42. The van der Waals surface area contributed by atoms with Crippen LogP contribution in [0.4, 0.5) is 4.79 Å². The molecule has 148 valence electrons. The van der Waals surface area contributed by atoms with E-state index in [9.17, 15) is 9.59 Å². The molecule has 0 aromatic heterocycles. The standard InChI is InChI=1S/C18H36N4O2.ClH/c1-14(2)12-18(3,13-19)22-16(23)10-7-11-20-17(24)21-15-8-5-4-6-9-15;/h14-15H,4-13,19H2,1-3H3,(H,22,23)(H2,20,21,24);1H. The Balaban J connectivity index is 0.00000576. The van der Waals surface area contributed by atoms with Gasteiger partial charge in [0, 0.05) is 31.1 Å². The van der Waals surface area contributed by atoms with Gasteiger partial charge in [0.25, 0.3) is 0 Å². The first-order chi connectivity index (χ1) is 11.3. The fraction of sp³-hybridized carbons (Fsp3) is 0.889. The summed E-state index contributed by atoms with van der Waals surface area (Å²) in [5.41, 5.74) is 5.46. The highest BCUT2D eigenvalue weighted by Crippen LogP contribution is 2.17. The van der Waals surface area contributed by atoms with Gasteiger partial charge in [0.2, 0.25) is 5.91 Å². The molecule has 0 saturated heterocycles. The number of rotatable bonds is 9. The smallest absolute Gasteiger partial charge is 0.315 e. The Hall–Kier alpha value is -1.01. The van der Waals surface area contributed by atoms with Gasteiger partial charge < -0.3 is 21.7 Å². The second-order valence-electron chi connectivity index (χ2n) is 7.75. The molecule has 0 aromatic carbocycles. The third-order valence-corrected chi connectivity index (χ3v) is 4.56. The summed E-state index contributed by atoms with van der Waals surface area (Å²) in [6, 6.07) is 0.192. The van der Waals surface area contributed by atoms with Crippen molar-refractivity contribution < 1.29 is 9.59 Å². The summed E-state index contributed by atoms with van der Waals surface area (Å²) in [5.74, 6) is 0.474. The number of hydrogen-bond donors (Lipinski definition) is 4. The quantitative estimate of drug-likeness (QED) is 0.466. The van der Waals surface area contributed by atoms with E-state index in [1.807, 2.05) is 6.92 Å². The molecule has 6 nitrogen and oxygen atoms in total. The van der Waals surface area contributed by atoms with Gasteiger partial charge in [-0.2, -0.15) is 0 Å². The summed E-state index contributed by atoms with van der Waals surface area (Å²) in [4.78, 5) is 23.9. The lowest BCUT2D eigenvalue weighted by molar-refractivity contribution is -0.123.